The first-order chi connectivity index (χ1) is 8.84. The SMILES string of the molecule is O=C1C=Cc2cccc3c2c1cc1ccccc13. The molecule has 0 spiro atoms. The van der Waals surface area contributed by atoms with Crippen LogP contribution < -0.4 is 0 Å². The van der Waals surface area contributed by atoms with E-state index in [2.05, 4.69) is 24.3 Å². The Bertz CT molecular complexity index is 841. The van der Waals surface area contributed by atoms with E-state index in [1.807, 2.05) is 30.3 Å². The average molecular weight is 230 g/mol. The van der Waals surface area contributed by atoms with E-state index in [0.29, 0.717) is 0 Å². The van der Waals surface area contributed by atoms with E-state index in [4.69, 9.17) is 0 Å². The summed E-state index contributed by atoms with van der Waals surface area (Å²) in [4.78, 5) is 12.0. The maximum Gasteiger partial charge on any atom is 0.186 e. The van der Waals surface area contributed by atoms with Gasteiger partial charge in [-0.05, 0) is 33.9 Å². The third kappa shape index (κ3) is 1.13. The molecule has 0 aromatic heterocycles. The van der Waals surface area contributed by atoms with Gasteiger partial charge in [-0.15, -0.1) is 0 Å². The second-order valence-electron chi connectivity index (χ2n) is 4.61. The third-order valence-electron chi connectivity index (χ3n) is 3.60. The summed E-state index contributed by atoms with van der Waals surface area (Å²) < 4.78 is 0. The Kier molecular flexibility index (Phi) is 1.76. The minimum atomic E-state index is 0.101. The van der Waals surface area contributed by atoms with E-state index in [0.717, 1.165) is 21.9 Å². The number of carbonyl (C=O) groups excluding carboxylic acids is 1. The first-order valence-electron chi connectivity index (χ1n) is 6.01. The Balaban J connectivity index is 2.36. The van der Waals surface area contributed by atoms with Gasteiger partial charge in [-0.2, -0.15) is 0 Å². The van der Waals surface area contributed by atoms with Gasteiger partial charge < -0.3 is 0 Å². The molecule has 0 aliphatic heterocycles. The summed E-state index contributed by atoms with van der Waals surface area (Å²) in [6, 6.07) is 16.4. The Morgan fingerprint density at radius 2 is 1.61 bits per heavy atom. The molecule has 1 aliphatic rings. The normalized spacial score (nSPS) is 13.4. The fourth-order valence-electron chi connectivity index (χ4n) is 2.78. The van der Waals surface area contributed by atoms with Crippen molar-refractivity contribution in [2.24, 2.45) is 0 Å². The molecule has 1 nitrogen and oxygen atoms in total. The summed E-state index contributed by atoms with van der Waals surface area (Å²) in [7, 11) is 0. The molecule has 0 unspecified atom stereocenters. The highest BCUT2D eigenvalue weighted by atomic mass is 16.1. The highest BCUT2D eigenvalue weighted by Crippen LogP contribution is 2.34. The van der Waals surface area contributed by atoms with E-state index in [-0.39, 0.29) is 5.78 Å². The van der Waals surface area contributed by atoms with Crippen molar-refractivity contribution in [3.63, 3.8) is 0 Å². The molecule has 18 heavy (non-hydrogen) atoms. The topological polar surface area (TPSA) is 17.1 Å². The van der Waals surface area contributed by atoms with Crippen LogP contribution in [0.1, 0.15) is 15.9 Å². The average Bonchev–Trinajstić information content (AvgIpc) is 2.43. The Morgan fingerprint density at radius 1 is 0.778 bits per heavy atom. The summed E-state index contributed by atoms with van der Waals surface area (Å²) in [5.74, 6) is 0.101. The van der Waals surface area contributed by atoms with Crippen LogP contribution in [-0.4, -0.2) is 5.78 Å². The van der Waals surface area contributed by atoms with Crippen molar-refractivity contribution in [2.45, 2.75) is 0 Å². The monoisotopic (exact) mass is 230 g/mol. The van der Waals surface area contributed by atoms with E-state index >= 15 is 0 Å². The summed E-state index contributed by atoms with van der Waals surface area (Å²) >= 11 is 0. The van der Waals surface area contributed by atoms with Crippen molar-refractivity contribution < 1.29 is 4.79 Å². The Morgan fingerprint density at radius 3 is 2.56 bits per heavy atom. The highest BCUT2D eigenvalue weighted by molar-refractivity contribution is 6.25. The summed E-state index contributed by atoms with van der Waals surface area (Å²) in [5.41, 5.74) is 1.95. The third-order valence-corrected chi connectivity index (χ3v) is 3.60. The van der Waals surface area contributed by atoms with Crippen LogP contribution in [0.5, 0.6) is 0 Å². The maximum absolute atomic E-state index is 12.0. The van der Waals surface area contributed by atoms with Gasteiger partial charge in [-0.25, -0.2) is 0 Å². The second kappa shape index (κ2) is 3.30. The molecule has 84 valence electrons. The molecule has 0 fully saturated rings. The molecular weight excluding hydrogens is 220 g/mol. The van der Waals surface area contributed by atoms with Crippen molar-refractivity contribution in [2.75, 3.05) is 0 Å². The minimum absolute atomic E-state index is 0.101. The number of ketones is 1. The van der Waals surface area contributed by atoms with Crippen LogP contribution >= 0.6 is 0 Å². The molecule has 0 radical (unpaired) electrons. The Labute approximate surface area is 104 Å². The fraction of sp³-hybridized carbons (Fsp3) is 0. The quantitative estimate of drug-likeness (QED) is 0.529. The van der Waals surface area contributed by atoms with Gasteiger partial charge in [0.1, 0.15) is 0 Å². The van der Waals surface area contributed by atoms with E-state index in [1.54, 1.807) is 6.08 Å². The van der Waals surface area contributed by atoms with E-state index in [9.17, 15) is 4.79 Å². The number of hydrogen-bond acceptors (Lipinski definition) is 1. The predicted molar refractivity (Wildman–Crippen MR) is 74.8 cm³/mol. The number of carbonyl (C=O) groups is 1. The van der Waals surface area contributed by atoms with Gasteiger partial charge in [0.15, 0.2) is 5.78 Å². The summed E-state index contributed by atoms with van der Waals surface area (Å²) in [6.07, 6.45) is 3.57. The lowest BCUT2D eigenvalue weighted by Gasteiger charge is -2.14. The molecule has 0 saturated heterocycles. The highest BCUT2D eigenvalue weighted by Gasteiger charge is 2.16. The number of rotatable bonds is 0. The predicted octanol–water partition coefficient (Wildman–Crippen LogP) is 4.20. The lowest BCUT2D eigenvalue weighted by atomic mass is 9.89. The number of hydrogen-bond donors (Lipinski definition) is 0. The molecule has 0 atom stereocenters. The fourth-order valence-corrected chi connectivity index (χ4v) is 2.78. The molecule has 4 rings (SSSR count). The number of benzene rings is 3. The second-order valence-corrected chi connectivity index (χ2v) is 4.61. The zero-order valence-corrected chi connectivity index (χ0v) is 9.68. The smallest absolute Gasteiger partial charge is 0.186 e. The first kappa shape index (κ1) is 9.60. The van der Waals surface area contributed by atoms with Gasteiger partial charge in [0.25, 0.3) is 0 Å². The van der Waals surface area contributed by atoms with Crippen molar-refractivity contribution in [3.8, 4) is 0 Å². The first-order valence-corrected chi connectivity index (χ1v) is 6.01. The standard InChI is InChI=1S/C17H10O/c18-16-9-8-11-5-3-7-14-13-6-2-1-4-12(13)10-15(16)17(11)14/h1-10H. The minimum Gasteiger partial charge on any atom is -0.289 e. The molecule has 0 N–H and O–H groups in total. The van der Waals surface area contributed by atoms with Gasteiger partial charge in [-0.3, -0.25) is 4.79 Å². The van der Waals surface area contributed by atoms with Gasteiger partial charge in [-0.1, -0.05) is 48.5 Å². The maximum atomic E-state index is 12.0. The molecular formula is C17H10O. The molecule has 0 saturated carbocycles. The molecule has 1 heteroatoms. The lowest BCUT2D eigenvalue weighted by Crippen LogP contribution is -2.01. The van der Waals surface area contributed by atoms with Crippen LogP contribution in [0.15, 0.2) is 54.6 Å². The van der Waals surface area contributed by atoms with Crippen LogP contribution in [0.3, 0.4) is 0 Å². The van der Waals surface area contributed by atoms with Crippen LogP contribution in [0.2, 0.25) is 0 Å². The van der Waals surface area contributed by atoms with Crippen LogP contribution in [0, 0.1) is 0 Å². The molecule has 3 aromatic rings. The number of allylic oxidation sites excluding steroid dienone is 1. The zero-order chi connectivity index (χ0) is 12.1. The van der Waals surface area contributed by atoms with E-state index < -0.39 is 0 Å². The van der Waals surface area contributed by atoms with Crippen molar-refractivity contribution in [1.82, 2.24) is 0 Å². The molecule has 0 amide bonds. The number of fused-ring (bicyclic) bond motifs is 2. The molecule has 0 heterocycles. The van der Waals surface area contributed by atoms with Gasteiger partial charge >= 0.3 is 0 Å². The largest absolute Gasteiger partial charge is 0.289 e. The lowest BCUT2D eigenvalue weighted by molar-refractivity contribution is 0.104. The summed E-state index contributed by atoms with van der Waals surface area (Å²) in [6.45, 7) is 0. The molecule has 3 aromatic carbocycles. The molecule has 1 aliphatic carbocycles. The van der Waals surface area contributed by atoms with Crippen LogP contribution in [0.25, 0.3) is 27.6 Å². The van der Waals surface area contributed by atoms with E-state index in [1.165, 1.54) is 10.8 Å². The van der Waals surface area contributed by atoms with Gasteiger partial charge in [0.2, 0.25) is 0 Å². The molecule has 0 bridgehead atoms. The van der Waals surface area contributed by atoms with Crippen molar-refractivity contribution >= 4 is 33.4 Å². The summed E-state index contributed by atoms with van der Waals surface area (Å²) in [5, 5.41) is 4.59. The van der Waals surface area contributed by atoms with Crippen molar-refractivity contribution in [1.29, 1.82) is 0 Å². The Hall–Kier alpha value is -2.41. The van der Waals surface area contributed by atoms with Crippen LogP contribution in [-0.2, 0) is 0 Å². The zero-order valence-electron chi connectivity index (χ0n) is 9.68. The van der Waals surface area contributed by atoms with Crippen LogP contribution in [0.4, 0.5) is 0 Å². The van der Waals surface area contributed by atoms with Crippen molar-refractivity contribution in [3.05, 3.63) is 65.7 Å². The van der Waals surface area contributed by atoms with Gasteiger partial charge in [0.05, 0.1) is 0 Å². The van der Waals surface area contributed by atoms with Gasteiger partial charge in [0, 0.05) is 10.9 Å².